The first-order chi connectivity index (χ1) is 35.1. The number of rotatable bonds is 4. The van der Waals surface area contributed by atoms with Crippen LogP contribution in [0.15, 0.2) is 216 Å². The summed E-state index contributed by atoms with van der Waals surface area (Å²) in [6.45, 7) is 2.38. The smallest absolute Gasteiger partial charge is 0.136 e. The number of aromatic nitrogens is 1. The van der Waals surface area contributed by atoms with Crippen LogP contribution in [0.5, 0.6) is 0 Å². The molecule has 2 atom stereocenters. The number of nitrogens with zero attached hydrogens (tertiary/aromatic N) is 3. The van der Waals surface area contributed by atoms with Gasteiger partial charge < -0.3 is 4.57 Å². The third kappa shape index (κ3) is 6.53. The molecule has 15 rings (SSSR count). The molecule has 2 aliphatic rings. The van der Waals surface area contributed by atoms with Gasteiger partial charge in [0, 0.05) is 74.1 Å². The predicted octanol–water partition coefficient (Wildman–Crippen LogP) is 18.5. The van der Waals surface area contributed by atoms with Gasteiger partial charge in [-0.05, 0) is 124 Å². The van der Waals surface area contributed by atoms with Crippen LogP contribution >= 0.6 is 22.7 Å². The molecule has 0 saturated carbocycles. The fourth-order valence-corrected chi connectivity index (χ4v) is 14.2. The summed E-state index contributed by atoms with van der Waals surface area (Å²) in [6, 6.07) is 74.7. The van der Waals surface area contributed by atoms with Gasteiger partial charge in [-0.1, -0.05) is 153 Å². The van der Waals surface area contributed by atoms with Crippen LogP contribution in [0.1, 0.15) is 47.9 Å². The molecule has 3 nitrogen and oxygen atoms in total. The molecule has 0 amide bonds. The van der Waals surface area contributed by atoms with Gasteiger partial charge in [0.05, 0.1) is 28.1 Å². The molecular weight excluding hydrogens is 899 g/mol. The highest BCUT2D eigenvalue weighted by molar-refractivity contribution is 7.26. The standard InChI is InChI=1S/C66H45N3S2/c1-39-26-30-57(45-28-31-62-53(34-45)50-23-11-13-25-61(50)70-62)67-66(51-29-27-40-14-6-7-19-46(40)47-20-8-9-21-48(47)51)68-65(39)56-38-64-55(54-33-42-16-3-5-18-44(42)36-63(54)71-64)37-60(56)69-58-24-12-10-22-49(58)52-32-41-15-2-4-17-43(41)35-59(52)69/h2-25,28,30-39,51H,26-27,29H2,1H3/b57-30+,67-66-,68-65+. The maximum atomic E-state index is 6.10. The second-order valence-corrected chi connectivity index (χ2v) is 21.7. The number of thiophene rings is 2. The van der Waals surface area contributed by atoms with Crippen molar-refractivity contribution in [2.75, 3.05) is 0 Å². The van der Waals surface area contributed by atoms with E-state index in [1.807, 2.05) is 22.7 Å². The van der Waals surface area contributed by atoms with Crippen LogP contribution in [0.4, 0.5) is 0 Å². The van der Waals surface area contributed by atoms with Gasteiger partial charge in [0.25, 0.3) is 0 Å². The molecule has 5 heteroatoms. The molecule has 0 radical (unpaired) electrons. The molecule has 0 N–H and O–H groups in total. The van der Waals surface area contributed by atoms with Gasteiger partial charge in [-0.2, -0.15) is 0 Å². The lowest BCUT2D eigenvalue weighted by Gasteiger charge is -2.25. The number of hydrogen-bond donors (Lipinski definition) is 0. The number of benzene rings is 10. The number of fused-ring (bicyclic) bond motifs is 14. The Balaban J connectivity index is 1.02. The van der Waals surface area contributed by atoms with Crippen LogP contribution in [-0.2, 0) is 6.42 Å². The van der Waals surface area contributed by atoms with Crippen molar-refractivity contribution in [2.24, 2.45) is 15.9 Å². The molecule has 1 aliphatic heterocycles. The largest absolute Gasteiger partial charge is 0.309 e. The topological polar surface area (TPSA) is 29.6 Å². The van der Waals surface area contributed by atoms with E-state index in [-0.39, 0.29) is 11.8 Å². The second-order valence-electron chi connectivity index (χ2n) is 19.6. The fourth-order valence-electron chi connectivity index (χ4n) is 11.9. The zero-order chi connectivity index (χ0) is 46.7. The Labute approximate surface area is 419 Å². The van der Waals surface area contributed by atoms with Gasteiger partial charge in [0.1, 0.15) is 5.84 Å². The fraction of sp³-hybridized carbons (Fsp3) is 0.0909. The molecule has 10 aromatic carbocycles. The van der Waals surface area contributed by atoms with Gasteiger partial charge in [-0.25, -0.2) is 9.98 Å². The number of allylic oxidation sites excluding steroid dienone is 1. The van der Waals surface area contributed by atoms with E-state index in [1.165, 1.54) is 106 Å². The lowest BCUT2D eigenvalue weighted by Crippen LogP contribution is -2.22. The highest BCUT2D eigenvalue weighted by atomic mass is 32.1. The zero-order valence-electron chi connectivity index (χ0n) is 39.1. The first kappa shape index (κ1) is 40.9. The van der Waals surface area contributed by atoms with E-state index in [2.05, 4.69) is 218 Å². The Morgan fingerprint density at radius 2 is 1.10 bits per heavy atom. The van der Waals surface area contributed by atoms with Crippen molar-refractivity contribution in [3.63, 3.8) is 0 Å². The molecule has 13 aromatic rings. The summed E-state index contributed by atoms with van der Waals surface area (Å²) in [6.07, 6.45) is 5.02. The lowest BCUT2D eigenvalue weighted by atomic mass is 9.88. The van der Waals surface area contributed by atoms with Crippen LogP contribution in [0.3, 0.4) is 0 Å². The summed E-state index contributed by atoms with van der Waals surface area (Å²) in [4.78, 5) is 12.0. The SMILES string of the molecule is CC1C/C=C(c2ccc3sc4ccccc4c3c2)/N=C(C2CCc3ccccc3-c3ccccc32)\N=C/1c1cc2sc3cc4ccccc4cc3c2cc1-n1c2ccccc2c2cc3ccccc3cc21. The van der Waals surface area contributed by atoms with Crippen LogP contribution in [0.2, 0.25) is 0 Å². The van der Waals surface area contributed by atoms with Crippen molar-refractivity contribution in [3.05, 3.63) is 229 Å². The molecule has 0 bridgehead atoms. The summed E-state index contributed by atoms with van der Waals surface area (Å²) in [5.41, 5.74) is 13.1. The van der Waals surface area contributed by atoms with E-state index in [1.54, 1.807) is 0 Å². The summed E-state index contributed by atoms with van der Waals surface area (Å²) in [5.74, 6) is 0.883. The highest BCUT2D eigenvalue weighted by Gasteiger charge is 2.30. The Hall–Kier alpha value is -7.96. The molecule has 3 aromatic heterocycles. The zero-order valence-corrected chi connectivity index (χ0v) is 40.7. The molecule has 71 heavy (non-hydrogen) atoms. The van der Waals surface area contributed by atoms with Gasteiger partial charge in [0.2, 0.25) is 0 Å². The molecule has 2 unspecified atom stereocenters. The van der Waals surface area contributed by atoms with Crippen molar-refractivity contribution in [3.8, 4) is 16.8 Å². The number of aliphatic imine (C=N–C) groups is 2. The van der Waals surface area contributed by atoms with E-state index in [0.29, 0.717) is 0 Å². The molecular formula is C66H45N3S2. The predicted molar refractivity (Wildman–Crippen MR) is 307 cm³/mol. The molecule has 1 aliphatic carbocycles. The summed E-state index contributed by atoms with van der Waals surface area (Å²) in [5, 5.41) is 12.6. The molecule has 0 fully saturated rings. The number of para-hydroxylation sites is 1. The van der Waals surface area contributed by atoms with Crippen LogP contribution in [0.25, 0.3) is 106 Å². The normalized spacial score (nSPS) is 18.5. The van der Waals surface area contributed by atoms with E-state index >= 15 is 0 Å². The second kappa shape index (κ2) is 16.0. The van der Waals surface area contributed by atoms with Crippen LogP contribution in [0, 0.1) is 5.92 Å². The Morgan fingerprint density at radius 3 is 1.96 bits per heavy atom. The van der Waals surface area contributed by atoms with Crippen molar-refractivity contribution in [1.29, 1.82) is 0 Å². The van der Waals surface area contributed by atoms with Crippen molar-refractivity contribution in [1.82, 2.24) is 4.57 Å². The van der Waals surface area contributed by atoms with Crippen LogP contribution in [-0.4, -0.2) is 16.1 Å². The third-order valence-electron chi connectivity index (χ3n) is 15.4. The van der Waals surface area contributed by atoms with E-state index in [4.69, 9.17) is 9.98 Å². The lowest BCUT2D eigenvalue weighted by molar-refractivity contribution is 0.761. The average molecular weight is 944 g/mol. The molecule has 0 saturated heterocycles. The van der Waals surface area contributed by atoms with Gasteiger partial charge in [0.15, 0.2) is 0 Å². The average Bonchev–Trinajstić information content (AvgIpc) is 4.03. The summed E-state index contributed by atoms with van der Waals surface area (Å²) >= 11 is 3.75. The van der Waals surface area contributed by atoms with Crippen LogP contribution < -0.4 is 0 Å². The Kier molecular flexibility index (Phi) is 9.24. The number of aryl methyl sites for hydroxylation is 1. The molecule has 0 spiro atoms. The Morgan fingerprint density at radius 1 is 0.465 bits per heavy atom. The van der Waals surface area contributed by atoms with Crippen molar-refractivity contribution >= 4 is 124 Å². The maximum absolute atomic E-state index is 6.10. The highest BCUT2D eigenvalue weighted by Crippen LogP contribution is 2.45. The minimum absolute atomic E-state index is 0.0449. The van der Waals surface area contributed by atoms with E-state index in [0.717, 1.165) is 53.3 Å². The number of amidine groups is 1. The van der Waals surface area contributed by atoms with Gasteiger partial charge in [-0.15, -0.1) is 22.7 Å². The minimum Gasteiger partial charge on any atom is -0.309 e. The first-order valence-electron chi connectivity index (χ1n) is 24.9. The van der Waals surface area contributed by atoms with Crippen molar-refractivity contribution < 1.29 is 0 Å². The molecule has 4 heterocycles. The van der Waals surface area contributed by atoms with Gasteiger partial charge in [-0.3, -0.25) is 0 Å². The molecule has 336 valence electrons. The maximum Gasteiger partial charge on any atom is 0.136 e. The number of hydrogen-bond acceptors (Lipinski definition) is 4. The van der Waals surface area contributed by atoms with Gasteiger partial charge >= 0.3 is 0 Å². The minimum atomic E-state index is -0.0449. The van der Waals surface area contributed by atoms with Crippen molar-refractivity contribution in [2.45, 2.75) is 32.1 Å². The van der Waals surface area contributed by atoms with E-state index < -0.39 is 0 Å². The van der Waals surface area contributed by atoms with E-state index in [9.17, 15) is 0 Å². The Bertz CT molecular complexity index is 4480. The summed E-state index contributed by atoms with van der Waals surface area (Å²) < 4.78 is 7.70. The quantitative estimate of drug-likeness (QED) is 0.168. The first-order valence-corrected chi connectivity index (χ1v) is 26.5. The summed E-state index contributed by atoms with van der Waals surface area (Å²) in [7, 11) is 0. The monoisotopic (exact) mass is 943 g/mol. The third-order valence-corrected chi connectivity index (χ3v) is 17.7.